The number of aryl methyl sites for hydroxylation is 2. The van der Waals surface area contributed by atoms with Gasteiger partial charge in [-0.05, 0) is 117 Å². The summed E-state index contributed by atoms with van der Waals surface area (Å²) in [5.41, 5.74) is 2.86. The normalized spacial score (nSPS) is 15.2. The van der Waals surface area contributed by atoms with Crippen molar-refractivity contribution in [1.29, 1.82) is 0 Å². The standard InChI is InChI=1S/C53H62N2O2S6/c1-7-12-15-16-19-37-21-23-39(59-37)41-25-27-43(61-41)45-29-31-47(63-45)51-49-48(52(56)55(51)33-36(11-5)18-14-9-3)50(54(53(49)57)32-35(10-4)17-13-8-2)46-30-28-44(62-46)42-26-24-40(60-42)38-22-20-34(6)58-38/h20-31,35-36H,7-19,32-33H2,1-6H3. The van der Waals surface area contributed by atoms with Crippen molar-refractivity contribution in [3.63, 3.8) is 0 Å². The van der Waals surface area contributed by atoms with Crippen LogP contribution in [0.15, 0.2) is 83.9 Å². The van der Waals surface area contributed by atoms with E-state index in [1.807, 2.05) is 55.1 Å². The number of fused-ring (bicyclic) bond motifs is 1. The summed E-state index contributed by atoms with van der Waals surface area (Å²) in [5.74, 6) is 0.681. The highest BCUT2D eigenvalue weighted by Gasteiger charge is 2.50. The molecule has 8 heterocycles. The lowest BCUT2D eigenvalue weighted by Crippen LogP contribution is -2.34. The maximum Gasteiger partial charge on any atom is 0.261 e. The van der Waals surface area contributed by atoms with Crippen LogP contribution in [0.2, 0.25) is 0 Å². The first kappa shape index (κ1) is 46.2. The van der Waals surface area contributed by atoms with Crippen LogP contribution in [0.3, 0.4) is 0 Å². The molecule has 0 aliphatic carbocycles. The summed E-state index contributed by atoms with van der Waals surface area (Å²) in [6.45, 7) is 14.6. The van der Waals surface area contributed by atoms with Gasteiger partial charge < -0.3 is 9.80 Å². The third-order valence-corrected chi connectivity index (χ3v) is 20.0. The molecule has 63 heavy (non-hydrogen) atoms. The molecule has 0 spiro atoms. The predicted octanol–water partition coefficient (Wildman–Crippen LogP) is 17.4. The van der Waals surface area contributed by atoms with Crippen LogP contribution in [0.1, 0.15) is 131 Å². The summed E-state index contributed by atoms with van der Waals surface area (Å²) in [6.07, 6.45) is 14.9. The molecule has 4 nitrogen and oxygen atoms in total. The van der Waals surface area contributed by atoms with Gasteiger partial charge in [-0.2, -0.15) is 0 Å². The molecule has 0 radical (unpaired) electrons. The molecule has 6 aromatic rings. The predicted molar refractivity (Wildman–Crippen MR) is 278 cm³/mol. The number of nitrogens with zero attached hydrogens (tertiary/aromatic N) is 2. The minimum Gasteiger partial charge on any atom is -0.306 e. The van der Waals surface area contributed by atoms with Gasteiger partial charge in [-0.15, -0.1) is 68.0 Å². The maximum atomic E-state index is 15.3. The van der Waals surface area contributed by atoms with Crippen LogP contribution in [0.25, 0.3) is 50.4 Å². The second-order valence-corrected chi connectivity index (χ2v) is 24.0. The zero-order chi connectivity index (χ0) is 44.0. The van der Waals surface area contributed by atoms with E-state index in [9.17, 15) is 0 Å². The molecule has 2 atom stereocenters. The van der Waals surface area contributed by atoms with E-state index < -0.39 is 0 Å². The quantitative estimate of drug-likeness (QED) is 0.0601. The van der Waals surface area contributed by atoms with Crippen molar-refractivity contribution >= 4 is 91.2 Å². The summed E-state index contributed by atoms with van der Waals surface area (Å²) in [5, 5.41) is 0. The van der Waals surface area contributed by atoms with E-state index in [0.717, 1.165) is 78.9 Å². The van der Waals surface area contributed by atoms with Crippen molar-refractivity contribution < 1.29 is 9.59 Å². The number of carbonyl (C=O) groups is 2. The molecule has 0 saturated carbocycles. The third kappa shape index (κ3) is 10.1. The topological polar surface area (TPSA) is 40.6 Å². The van der Waals surface area contributed by atoms with Gasteiger partial charge in [0.15, 0.2) is 0 Å². The highest BCUT2D eigenvalue weighted by Crippen LogP contribution is 2.52. The Labute approximate surface area is 400 Å². The molecular formula is C53H62N2O2S6. The highest BCUT2D eigenvalue weighted by molar-refractivity contribution is 7.27. The first-order chi connectivity index (χ1) is 30.7. The average molecular weight is 951 g/mol. The molecule has 0 bridgehead atoms. The Kier molecular flexibility index (Phi) is 15.6. The molecule has 0 fully saturated rings. The van der Waals surface area contributed by atoms with Crippen molar-refractivity contribution in [2.75, 3.05) is 13.1 Å². The van der Waals surface area contributed by atoms with Crippen LogP contribution in [0, 0.1) is 18.8 Å². The van der Waals surface area contributed by atoms with Gasteiger partial charge in [-0.3, -0.25) is 9.59 Å². The van der Waals surface area contributed by atoms with E-state index in [1.54, 1.807) is 22.7 Å². The Morgan fingerprint density at radius 3 is 1.22 bits per heavy atom. The fourth-order valence-electron chi connectivity index (χ4n) is 8.95. The lowest BCUT2D eigenvalue weighted by Gasteiger charge is -2.29. The van der Waals surface area contributed by atoms with Gasteiger partial charge in [0.1, 0.15) is 0 Å². The Morgan fingerprint density at radius 2 is 0.810 bits per heavy atom. The zero-order valence-electron chi connectivity index (χ0n) is 37.8. The maximum absolute atomic E-state index is 15.3. The second kappa shape index (κ2) is 21.3. The Morgan fingerprint density at radius 1 is 0.429 bits per heavy atom. The molecule has 0 N–H and O–H groups in total. The molecular weight excluding hydrogens is 889 g/mol. The number of rotatable bonds is 23. The SMILES string of the molecule is CCCCCCc1ccc(-c2ccc(-c3ccc(C4=C5C(=O)N(CC(CC)CCCC)C(c6ccc(-c7ccc(-c8ccc(C)s8)s7)s6)=C5C(=O)N4CC(CC)CCCC)s3)s2)s1. The van der Waals surface area contributed by atoms with Crippen LogP contribution >= 0.6 is 68.0 Å². The molecule has 332 valence electrons. The van der Waals surface area contributed by atoms with Gasteiger partial charge in [0, 0.05) is 61.9 Å². The molecule has 10 heteroatoms. The van der Waals surface area contributed by atoms with E-state index in [0.29, 0.717) is 36.1 Å². The van der Waals surface area contributed by atoms with Crippen LogP contribution in [-0.2, 0) is 16.0 Å². The van der Waals surface area contributed by atoms with Gasteiger partial charge in [0.25, 0.3) is 11.8 Å². The highest BCUT2D eigenvalue weighted by atomic mass is 32.1. The first-order valence-corrected chi connectivity index (χ1v) is 28.3. The van der Waals surface area contributed by atoms with Gasteiger partial charge in [0.05, 0.1) is 32.3 Å². The van der Waals surface area contributed by atoms with Crippen LogP contribution in [0.5, 0.6) is 0 Å². The van der Waals surface area contributed by atoms with Crippen molar-refractivity contribution in [3.05, 3.63) is 103 Å². The van der Waals surface area contributed by atoms with Crippen LogP contribution < -0.4 is 0 Å². The Balaban J connectivity index is 1.19. The summed E-state index contributed by atoms with van der Waals surface area (Å²) in [6, 6.07) is 26.7. The fourth-order valence-corrected chi connectivity index (χ4v) is 15.4. The zero-order valence-corrected chi connectivity index (χ0v) is 42.7. The minimum atomic E-state index is -0.0135. The Hall–Kier alpha value is -3.38. The van der Waals surface area contributed by atoms with E-state index in [4.69, 9.17) is 0 Å². The van der Waals surface area contributed by atoms with Gasteiger partial charge in [0.2, 0.25) is 0 Å². The van der Waals surface area contributed by atoms with Crippen molar-refractivity contribution in [1.82, 2.24) is 9.80 Å². The molecule has 0 aromatic carbocycles. The first-order valence-electron chi connectivity index (χ1n) is 23.4. The largest absolute Gasteiger partial charge is 0.306 e. The van der Waals surface area contributed by atoms with E-state index in [-0.39, 0.29) is 11.8 Å². The smallest absolute Gasteiger partial charge is 0.261 e. The number of carbonyl (C=O) groups excluding carboxylic acids is 2. The third-order valence-electron chi connectivity index (χ3n) is 12.7. The average Bonchev–Trinajstić information content (AvgIpc) is 4.15. The molecule has 2 aliphatic rings. The number of amides is 2. The lowest BCUT2D eigenvalue weighted by molar-refractivity contribution is -0.124. The van der Waals surface area contributed by atoms with Crippen LogP contribution in [-0.4, -0.2) is 34.7 Å². The van der Waals surface area contributed by atoms with Gasteiger partial charge in [-0.1, -0.05) is 92.4 Å². The molecule has 8 rings (SSSR count). The number of thiophene rings is 6. The second-order valence-electron chi connectivity index (χ2n) is 17.3. The summed E-state index contributed by atoms with van der Waals surface area (Å²) in [4.78, 5) is 49.5. The summed E-state index contributed by atoms with van der Waals surface area (Å²) >= 11 is 10.9. The lowest BCUT2D eigenvalue weighted by atomic mass is 9.98. The van der Waals surface area contributed by atoms with Crippen molar-refractivity contribution in [2.24, 2.45) is 11.8 Å². The van der Waals surface area contributed by atoms with Gasteiger partial charge >= 0.3 is 0 Å². The number of hydrogen-bond donors (Lipinski definition) is 0. The molecule has 2 amide bonds. The summed E-state index contributed by atoms with van der Waals surface area (Å²) < 4.78 is 0. The van der Waals surface area contributed by atoms with Crippen LogP contribution in [0.4, 0.5) is 0 Å². The molecule has 2 aliphatic heterocycles. The van der Waals surface area contributed by atoms with Crippen molar-refractivity contribution in [2.45, 2.75) is 125 Å². The van der Waals surface area contributed by atoms with Crippen molar-refractivity contribution in [3.8, 4) is 39.0 Å². The van der Waals surface area contributed by atoms with Gasteiger partial charge in [-0.25, -0.2) is 0 Å². The molecule has 0 saturated heterocycles. The number of unbranched alkanes of at least 4 members (excludes halogenated alkanes) is 5. The Bertz CT molecular complexity index is 2570. The monoisotopic (exact) mass is 950 g/mol. The summed E-state index contributed by atoms with van der Waals surface area (Å²) in [7, 11) is 0. The fraction of sp³-hybridized carbons (Fsp3) is 0.434. The number of hydrogen-bond acceptors (Lipinski definition) is 8. The molecule has 2 unspecified atom stereocenters. The van der Waals surface area contributed by atoms with E-state index in [2.05, 4.69) is 114 Å². The van der Waals surface area contributed by atoms with E-state index in [1.165, 1.54) is 74.5 Å². The molecule has 6 aromatic heterocycles. The van der Waals surface area contributed by atoms with E-state index >= 15 is 9.59 Å². The minimum absolute atomic E-state index is 0.0135.